The summed E-state index contributed by atoms with van der Waals surface area (Å²) in [6, 6.07) is 14.3. The number of hydrogen-bond donors (Lipinski definition) is 0. The normalized spacial score (nSPS) is 14.6. The number of benzene rings is 2. The van der Waals surface area contributed by atoms with Crippen LogP contribution in [-0.2, 0) is 4.79 Å². The Kier molecular flexibility index (Phi) is 6.09. The van der Waals surface area contributed by atoms with Crippen LogP contribution in [0.1, 0.15) is 12.0 Å². The van der Waals surface area contributed by atoms with Crippen LogP contribution in [0.15, 0.2) is 47.4 Å². The lowest BCUT2D eigenvalue weighted by molar-refractivity contribution is -0.131. The van der Waals surface area contributed by atoms with Gasteiger partial charge in [-0.25, -0.2) is 4.98 Å². The number of fused-ring (bicyclic) bond motifs is 1. The van der Waals surface area contributed by atoms with Crippen LogP contribution in [0, 0.1) is 6.92 Å². The molecule has 4 nitrogen and oxygen atoms in total. The summed E-state index contributed by atoms with van der Waals surface area (Å²) in [5.74, 6) is 1.07. The minimum atomic E-state index is 0.246. The number of carbonyl (C=O) groups excluding carboxylic acids is 1. The Balaban J connectivity index is 1.27. The molecule has 1 amide bonds. The second-order valence-electron chi connectivity index (χ2n) is 6.89. The number of aryl methyl sites for hydroxylation is 1. The van der Waals surface area contributed by atoms with Gasteiger partial charge in [-0.05, 0) is 37.3 Å². The monoisotopic (exact) mass is 431 g/mol. The SMILES string of the molecule is Cc1ccc(SCCC(=O)N2CCN(c3nc4ccc(Cl)cc4s3)CC2)cc1. The van der Waals surface area contributed by atoms with Gasteiger partial charge in [-0.1, -0.05) is 40.6 Å². The molecule has 1 aliphatic rings. The van der Waals surface area contributed by atoms with E-state index in [0.29, 0.717) is 6.42 Å². The third-order valence-electron chi connectivity index (χ3n) is 4.85. The number of carbonyl (C=O) groups is 1. The molecule has 2 aromatic carbocycles. The minimum absolute atomic E-state index is 0.246. The molecule has 0 bridgehead atoms. The van der Waals surface area contributed by atoms with E-state index < -0.39 is 0 Å². The molecule has 4 rings (SSSR count). The summed E-state index contributed by atoms with van der Waals surface area (Å²) in [7, 11) is 0. The quantitative estimate of drug-likeness (QED) is 0.527. The maximum atomic E-state index is 12.5. The predicted octanol–water partition coefficient (Wildman–Crippen LogP) is 5.09. The Morgan fingerprint density at radius 3 is 2.64 bits per heavy atom. The van der Waals surface area contributed by atoms with E-state index in [0.717, 1.165) is 52.3 Å². The number of thioether (sulfide) groups is 1. The smallest absolute Gasteiger partial charge is 0.223 e. The van der Waals surface area contributed by atoms with Crippen molar-refractivity contribution in [2.45, 2.75) is 18.2 Å². The van der Waals surface area contributed by atoms with E-state index in [1.807, 2.05) is 23.1 Å². The molecule has 146 valence electrons. The topological polar surface area (TPSA) is 36.4 Å². The first-order chi connectivity index (χ1) is 13.6. The Morgan fingerprint density at radius 1 is 1.14 bits per heavy atom. The highest BCUT2D eigenvalue weighted by Gasteiger charge is 2.22. The average molecular weight is 432 g/mol. The fourth-order valence-corrected chi connectivity index (χ4v) is 5.35. The third-order valence-corrected chi connectivity index (χ3v) is 7.18. The van der Waals surface area contributed by atoms with Gasteiger partial charge >= 0.3 is 0 Å². The van der Waals surface area contributed by atoms with E-state index in [1.165, 1.54) is 10.5 Å². The number of amides is 1. The molecule has 0 aliphatic carbocycles. The van der Waals surface area contributed by atoms with Gasteiger partial charge in [0.25, 0.3) is 0 Å². The van der Waals surface area contributed by atoms with Crippen molar-refractivity contribution in [2.75, 3.05) is 36.8 Å². The Morgan fingerprint density at radius 2 is 1.89 bits per heavy atom. The number of rotatable bonds is 5. The molecule has 28 heavy (non-hydrogen) atoms. The van der Waals surface area contributed by atoms with E-state index in [1.54, 1.807) is 23.1 Å². The molecule has 7 heteroatoms. The molecule has 1 saturated heterocycles. The van der Waals surface area contributed by atoms with Crippen molar-refractivity contribution >= 4 is 56.0 Å². The molecule has 0 N–H and O–H groups in total. The number of hydrogen-bond acceptors (Lipinski definition) is 5. The fourth-order valence-electron chi connectivity index (χ4n) is 3.22. The number of piperazine rings is 1. The average Bonchev–Trinajstić information content (AvgIpc) is 3.12. The van der Waals surface area contributed by atoms with Gasteiger partial charge in [-0.15, -0.1) is 11.8 Å². The molecule has 1 aliphatic heterocycles. The molecule has 0 saturated carbocycles. The highest BCUT2D eigenvalue weighted by Crippen LogP contribution is 2.31. The van der Waals surface area contributed by atoms with E-state index in [4.69, 9.17) is 16.6 Å². The van der Waals surface area contributed by atoms with Gasteiger partial charge in [0.05, 0.1) is 10.2 Å². The van der Waals surface area contributed by atoms with E-state index in [9.17, 15) is 4.79 Å². The van der Waals surface area contributed by atoms with Crippen LogP contribution in [0.25, 0.3) is 10.2 Å². The van der Waals surface area contributed by atoms with Gasteiger partial charge in [-0.2, -0.15) is 0 Å². The highest BCUT2D eigenvalue weighted by molar-refractivity contribution is 7.99. The van der Waals surface area contributed by atoms with Gasteiger partial charge in [-0.3, -0.25) is 4.79 Å². The summed E-state index contributed by atoms with van der Waals surface area (Å²) in [6.45, 7) is 5.24. The van der Waals surface area contributed by atoms with Crippen LogP contribution in [-0.4, -0.2) is 47.7 Å². The van der Waals surface area contributed by atoms with Crippen LogP contribution in [0.2, 0.25) is 5.02 Å². The summed E-state index contributed by atoms with van der Waals surface area (Å²) < 4.78 is 1.11. The van der Waals surface area contributed by atoms with E-state index in [2.05, 4.69) is 36.1 Å². The lowest BCUT2D eigenvalue weighted by Gasteiger charge is -2.34. The van der Waals surface area contributed by atoms with E-state index >= 15 is 0 Å². The lowest BCUT2D eigenvalue weighted by atomic mass is 10.2. The number of anilines is 1. The Hall–Kier alpha value is -1.76. The standard InChI is InChI=1S/C21H22ClN3OS2/c1-15-2-5-17(6-3-15)27-13-8-20(26)24-9-11-25(12-10-24)21-23-18-7-4-16(22)14-19(18)28-21/h2-7,14H,8-13H2,1H3. The van der Waals surface area contributed by atoms with Crippen molar-refractivity contribution in [2.24, 2.45) is 0 Å². The summed E-state index contributed by atoms with van der Waals surface area (Å²) in [5, 5.41) is 1.75. The van der Waals surface area contributed by atoms with Crippen LogP contribution in [0.3, 0.4) is 0 Å². The highest BCUT2D eigenvalue weighted by atomic mass is 35.5. The van der Waals surface area contributed by atoms with Crippen molar-refractivity contribution in [1.82, 2.24) is 9.88 Å². The van der Waals surface area contributed by atoms with Crippen molar-refractivity contribution in [3.8, 4) is 0 Å². The maximum Gasteiger partial charge on any atom is 0.223 e. The van der Waals surface area contributed by atoms with Gasteiger partial charge in [0.15, 0.2) is 5.13 Å². The summed E-state index contributed by atoms with van der Waals surface area (Å²) in [6.07, 6.45) is 0.582. The van der Waals surface area contributed by atoms with Crippen molar-refractivity contribution in [3.05, 3.63) is 53.1 Å². The first-order valence-corrected chi connectivity index (χ1v) is 11.5. The van der Waals surface area contributed by atoms with Crippen LogP contribution < -0.4 is 4.90 Å². The van der Waals surface area contributed by atoms with Crippen molar-refractivity contribution in [1.29, 1.82) is 0 Å². The largest absolute Gasteiger partial charge is 0.345 e. The molecule has 1 fully saturated rings. The summed E-state index contributed by atoms with van der Waals surface area (Å²) in [5.41, 5.74) is 2.24. The summed E-state index contributed by atoms with van der Waals surface area (Å²) in [4.78, 5) is 22.7. The van der Waals surface area contributed by atoms with Gasteiger partial charge in [0.2, 0.25) is 5.91 Å². The third kappa shape index (κ3) is 4.62. The molecule has 2 heterocycles. The second-order valence-corrected chi connectivity index (χ2v) is 9.50. The molecular weight excluding hydrogens is 410 g/mol. The molecular formula is C21H22ClN3OS2. The first-order valence-electron chi connectivity index (χ1n) is 9.37. The maximum absolute atomic E-state index is 12.5. The van der Waals surface area contributed by atoms with Gasteiger partial charge in [0.1, 0.15) is 0 Å². The number of nitrogens with zero attached hydrogens (tertiary/aromatic N) is 3. The Bertz CT molecular complexity index is 965. The van der Waals surface area contributed by atoms with Crippen molar-refractivity contribution in [3.63, 3.8) is 0 Å². The molecule has 0 radical (unpaired) electrons. The Labute approximate surface area is 178 Å². The molecule has 3 aromatic rings. The van der Waals surface area contributed by atoms with Crippen LogP contribution in [0.5, 0.6) is 0 Å². The van der Waals surface area contributed by atoms with Gasteiger partial charge < -0.3 is 9.80 Å². The van der Waals surface area contributed by atoms with Crippen LogP contribution >= 0.6 is 34.7 Å². The zero-order chi connectivity index (χ0) is 19.5. The minimum Gasteiger partial charge on any atom is -0.345 e. The molecule has 0 atom stereocenters. The zero-order valence-corrected chi connectivity index (χ0v) is 18.1. The fraction of sp³-hybridized carbons (Fsp3) is 0.333. The van der Waals surface area contributed by atoms with Crippen LogP contribution in [0.4, 0.5) is 5.13 Å². The summed E-state index contributed by atoms with van der Waals surface area (Å²) >= 11 is 9.48. The first kappa shape index (κ1) is 19.6. The van der Waals surface area contributed by atoms with Crippen molar-refractivity contribution < 1.29 is 4.79 Å². The predicted molar refractivity (Wildman–Crippen MR) is 120 cm³/mol. The van der Waals surface area contributed by atoms with E-state index in [-0.39, 0.29) is 5.91 Å². The molecule has 0 spiro atoms. The molecule has 1 aromatic heterocycles. The molecule has 0 unspecified atom stereocenters. The lowest BCUT2D eigenvalue weighted by Crippen LogP contribution is -2.48. The zero-order valence-electron chi connectivity index (χ0n) is 15.7. The number of halogens is 1. The number of aromatic nitrogens is 1. The second kappa shape index (κ2) is 8.72. The number of thiazole rings is 1. The van der Waals surface area contributed by atoms with Gasteiger partial charge in [0, 0.05) is 48.3 Å².